The van der Waals surface area contributed by atoms with Gasteiger partial charge in [-0.1, -0.05) is 23.9 Å². The van der Waals surface area contributed by atoms with E-state index in [0.29, 0.717) is 16.7 Å². The molecule has 1 N–H and O–H groups in total. The average molecular weight is 382 g/mol. The molecule has 0 saturated carbocycles. The van der Waals surface area contributed by atoms with Crippen LogP contribution < -0.4 is 5.32 Å². The molecular weight excluding hydrogens is 367 g/mol. The molecule has 8 heteroatoms. The van der Waals surface area contributed by atoms with Gasteiger partial charge in [0.15, 0.2) is 5.17 Å². The number of nitrogens with zero attached hydrogens (tertiary/aromatic N) is 3. The lowest BCUT2D eigenvalue weighted by molar-refractivity contribution is -0.124. The molecule has 0 spiro atoms. The summed E-state index contributed by atoms with van der Waals surface area (Å²) in [6.45, 7) is 1.74. The second-order valence-electron chi connectivity index (χ2n) is 6.06. The van der Waals surface area contributed by atoms with Crippen LogP contribution in [0.15, 0.2) is 58.5 Å². The van der Waals surface area contributed by atoms with Gasteiger partial charge in [-0.05, 0) is 43.3 Å². The Balaban J connectivity index is 1.52. The Morgan fingerprint density at radius 2 is 1.96 bits per heavy atom. The van der Waals surface area contributed by atoms with Crippen LogP contribution in [0.2, 0.25) is 0 Å². The highest BCUT2D eigenvalue weighted by atomic mass is 32.2. The van der Waals surface area contributed by atoms with E-state index in [9.17, 15) is 14.0 Å². The fraction of sp³-hybridized carbons (Fsp3) is 0.158. The average Bonchev–Trinajstić information content (AvgIpc) is 2.97. The van der Waals surface area contributed by atoms with Crippen molar-refractivity contribution in [2.45, 2.75) is 13.0 Å². The lowest BCUT2D eigenvalue weighted by Gasteiger charge is -2.25. The maximum atomic E-state index is 12.9. The number of aliphatic imine (C=N–C) groups is 2. The minimum Gasteiger partial charge on any atom is -0.325 e. The van der Waals surface area contributed by atoms with Gasteiger partial charge in [-0.2, -0.15) is 0 Å². The number of anilines is 1. The third-order valence-electron chi connectivity index (χ3n) is 4.12. The summed E-state index contributed by atoms with van der Waals surface area (Å²) in [4.78, 5) is 35.2. The number of amides is 2. The second kappa shape index (κ2) is 6.96. The molecule has 0 aromatic heterocycles. The molecule has 2 amide bonds. The van der Waals surface area contributed by atoms with Crippen LogP contribution in [0.1, 0.15) is 12.5 Å². The smallest absolute Gasteiger partial charge is 0.258 e. The SMILES string of the molecule is C[C@@H]1N=C2c3ccccc3N=C(SCC(=O)Nc3ccc(F)cc3)N2C1=O. The lowest BCUT2D eigenvalue weighted by atomic mass is 10.1. The van der Waals surface area contributed by atoms with Gasteiger partial charge in [0.1, 0.15) is 17.7 Å². The van der Waals surface area contributed by atoms with Gasteiger partial charge >= 0.3 is 0 Å². The Morgan fingerprint density at radius 3 is 2.74 bits per heavy atom. The Morgan fingerprint density at radius 1 is 1.22 bits per heavy atom. The van der Waals surface area contributed by atoms with Crippen LogP contribution in [0, 0.1) is 5.82 Å². The van der Waals surface area contributed by atoms with Gasteiger partial charge in [0.2, 0.25) is 5.91 Å². The molecule has 2 aliphatic rings. The van der Waals surface area contributed by atoms with E-state index in [1.54, 1.807) is 6.92 Å². The van der Waals surface area contributed by atoms with Crippen LogP contribution in [0.3, 0.4) is 0 Å². The molecule has 0 saturated heterocycles. The number of hydrogen-bond acceptors (Lipinski definition) is 5. The normalized spacial score (nSPS) is 17.8. The van der Waals surface area contributed by atoms with Crippen LogP contribution in [-0.2, 0) is 9.59 Å². The largest absolute Gasteiger partial charge is 0.325 e. The van der Waals surface area contributed by atoms with Gasteiger partial charge < -0.3 is 5.32 Å². The molecule has 4 rings (SSSR count). The number of thioether (sulfide) groups is 1. The van der Waals surface area contributed by atoms with Gasteiger partial charge in [0.25, 0.3) is 5.91 Å². The first-order valence-corrected chi connectivity index (χ1v) is 9.29. The van der Waals surface area contributed by atoms with E-state index in [4.69, 9.17) is 0 Å². The van der Waals surface area contributed by atoms with Gasteiger partial charge in [-0.25, -0.2) is 14.3 Å². The van der Waals surface area contributed by atoms with Crippen molar-refractivity contribution in [3.63, 3.8) is 0 Å². The Hall–Kier alpha value is -3.00. The molecule has 6 nitrogen and oxygen atoms in total. The summed E-state index contributed by atoms with van der Waals surface area (Å²) < 4.78 is 12.9. The number of halogens is 1. The van der Waals surface area contributed by atoms with E-state index in [0.717, 1.165) is 23.0 Å². The van der Waals surface area contributed by atoms with Crippen molar-refractivity contribution in [1.29, 1.82) is 0 Å². The molecule has 2 heterocycles. The highest BCUT2D eigenvalue weighted by molar-refractivity contribution is 8.14. The van der Waals surface area contributed by atoms with Crippen molar-refractivity contribution in [2.24, 2.45) is 9.98 Å². The van der Waals surface area contributed by atoms with Crippen molar-refractivity contribution >= 4 is 46.0 Å². The first-order chi connectivity index (χ1) is 13.0. The topological polar surface area (TPSA) is 74.1 Å². The molecule has 2 aromatic rings. The third-order valence-corrected chi connectivity index (χ3v) is 5.06. The lowest BCUT2D eigenvalue weighted by Crippen LogP contribution is -2.41. The first kappa shape index (κ1) is 17.4. The summed E-state index contributed by atoms with van der Waals surface area (Å²) in [7, 11) is 0. The molecule has 0 radical (unpaired) electrons. The number of carbonyl (C=O) groups excluding carboxylic acids is 2. The summed E-state index contributed by atoms with van der Waals surface area (Å²) >= 11 is 1.16. The molecule has 27 heavy (non-hydrogen) atoms. The number of rotatable bonds is 3. The van der Waals surface area contributed by atoms with E-state index >= 15 is 0 Å². The van der Waals surface area contributed by atoms with Crippen molar-refractivity contribution in [2.75, 3.05) is 11.1 Å². The van der Waals surface area contributed by atoms with E-state index in [1.807, 2.05) is 24.3 Å². The number of hydrogen-bond donors (Lipinski definition) is 1. The summed E-state index contributed by atoms with van der Waals surface area (Å²) in [6.07, 6.45) is 0. The van der Waals surface area contributed by atoms with Gasteiger partial charge in [0, 0.05) is 11.3 Å². The maximum absolute atomic E-state index is 12.9. The Bertz CT molecular complexity index is 987. The molecule has 2 aliphatic heterocycles. The van der Waals surface area contributed by atoms with Crippen LogP contribution in [0.5, 0.6) is 0 Å². The summed E-state index contributed by atoms with van der Waals surface area (Å²) in [6, 6.07) is 12.5. The zero-order valence-electron chi connectivity index (χ0n) is 14.3. The van der Waals surface area contributed by atoms with Crippen LogP contribution in [-0.4, -0.2) is 39.5 Å². The van der Waals surface area contributed by atoms with E-state index in [2.05, 4.69) is 15.3 Å². The monoisotopic (exact) mass is 382 g/mol. The zero-order valence-corrected chi connectivity index (χ0v) is 15.2. The number of carbonyl (C=O) groups is 2. The van der Waals surface area contributed by atoms with Gasteiger partial charge in [0.05, 0.1) is 11.4 Å². The number of amidine groups is 2. The molecule has 0 bridgehead atoms. The predicted octanol–water partition coefficient (Wildman–Crippen LogP) is 3.18. The third kappa shape index (κ3) is 3.35. The first-order valence-electron chi connectivity index (χ1n) is 8.31. The predicted molar refractivity (Wildman–Crippen MR) is 104 cm³/mol. The molecule has 0 aliphatic carbocycles. The van der Waals surface area contributed by atoms with Gasteiger partial charge in [-0.3, -0.25) is 14.6 Å². The fourth-order valence-corrected chi connectivity index (χ4v) is 3.63. The highest BCUT2D eigenvalue weighted by Gasteiger charge is 2.39. The number of para-hydroxylation sites is 1. The van der Waals surface area contributed by atoms with Crippen molar-refractivity contribution in [3.05, 3.63) is 59.9 Å². The molecule has 136 valence electrons. The summed E-state index contributed by atoms with van der Waals surface area (Å²) in [5.41, 5.74) is 2.03. The van der Waals surface area contributed by atoms with Crippen molar-refractivity contribution in [1.82, 2.24) is 4.90 Å². The minimum atomic E-state index is -0.481. The molecule has 0 unspecified atom stereocenters. The molecule has 2 aromatic carbocycles. The standard InChI is InChI=1S/C19H15FN4O2S/c1-11-18(26)24-17(21-11)14-4-2-3-5-15(14)23-19(24)27-10-16(25)22-13-8-6-12(20)7-9-13/h2-9,11H,10H2,1H3,(H,22,25)/t11-/m0/s1. The molecule has 1 atom stereocenters. The van der Waals surface area contributed by atoms with Gasteiger partial charge in [-0.15, -0.1) is 0 Å². The maximum Gasteiger partial charge on any atom is 0.258 e. The quantitative estimate of drug-likeness (QED) is 0.886. The van der Waals surface area contributed by atoms with Crippen molar-refractivity contribution in [3.8, 4) is 0 Å². The number of benzene rings is 2. The van der Waals surface area contributed by atoms with E-state index in [1.165, 1.54) is 29.2 Å². The van der Waals surface area contributed by atoms with Crippen LogP contribution in [0.25, 0.3) is 0 Å². The summed E-state index contributed by atoms with van der Waals surface area (Å²) in [5, 5.41) is 3.12. The number of fused-ring (bicyclic) bond motifs is 3. The zero-order chi connectivity index (χ0) is 19.0. The Kier molecular flexibility index (Phi) is 4.49. The van der Waals surface area contributed by atoms with E-state index < -0.39 is 6.04 Å². The summed E-state index contributed by atoms with van der Waals surface area (Å²) in [5.74, 6) is -0.175. The molecule has 0 fully saturated rings. The van der Waals surface area contributed by atoms with Crippen molar-refractivity contribution < 1.29 is 14.0 Å². The van der Waals surface area contributed by atoms with Crippen LogP contribution >= 0.6 is 11.8 Å². The van der Waals surface area contributed by atoms with Crippen LogP contribution in [0.4, 0.5) is 15.8 Å². The fourth-order valence-electron chi connectivity index (χ4n) is 2.83. The number of nitrogens with one attached hydrogen (secondary N) is 1. The minimum absolute atomic E-state index is 0.0593. The Labute approximate surface area is 159 Å². The molecular formula is C19H15FN4O2S. The van der Waals surface area contributed by atoms with E-state index in [-0.39, 0.29) is 23.4 Å². The second-order valence-corrected chi connectivity index (χ2v) is 7.00. The highest BCUT2D eigenvalue weighted by Crippen LogP contribution is 2.33.